The molecule has 0 aliphatic carbocycles. The molecular formula is C24H23F3N4O4S. The van der Waals surface area contributed by atoms with Crippen LogP contribution in [0, 0.1) is 6.92 Å². The van der Waals surface area contributed by atoms with Crippen LogP contribution in [-0.4, -0.2) is 35.4 Å². The summed E-state index contributed by atoms with van der Waals surface area (Å²) in [4.78, 5) is 19.3. The molecule has 0 fully saturated rings. The summed E-state index contributed by atoms with van der Waals surface area (Å²) in [5, 5.41) is 7.55. The molecule has 2 aromatic heterocycles. The topological polar surface area (TPSA) is 102 Å². The second-order valence-corrected chi connectivity index (χ2v) is 8.93. The van der Waals surface area contributed by atoms with Crippen LogP contribution in [0.5, 0.6) is 5.75 Å². The van der Waals surface area contributed by atoms with Gasteiger partial charge in [-0.15, -0.1) is 11.3 Å². The minimum absolute atomic E-state index is 0.221. The number of hydrogen-bond acceptors (Lipinski definition) is 8. The number of nitrogens with zero attached hydrogens (tertiary/aromatic N) is 2. The first-order valence-electron chi connectivity index (χ1n) is 10.9. The summed E-state index contributed by atoms with van der Waals surface area (Å²) in [6.45, 7) is 3.68. The number of aromatic nitrogens is 3. The lowest BCUT2D eigenvalue weighted by Crippen LogP contribution is -2.19. The summed E-state index contributed by atoms with van der Waals surface area (Å²) in [5.41, 5.74) is 2.17. The maximum Gasteiger partial charge on any atom is 0.439 e. The van der Waals surface area contributed by atoms with E-state index in [2.05, 4.69) is 25.0 Å². The number of H-pyrrole nitrogens is 1. The molecule has 0 radical (unpaired) electrons. The molecule has 12 heteroatoms. The number of benzene rings is 2. The van der Waals surface area contributed by atoms with Gasteiger partial charge < -0.3 is 14.8 Å². The van der Waals surface area contributed by atoms with Crippen molar-refractivity contribution >= 4 is 11.3 Å². The van der Waals surface area contributed by atoms with Gasteiger partial charge in [0, 0.05) is 31.3 Å². The summed E-state index contributed by atoms with van der Waals surface area (Å²) in [6, 6.07) is 10.3. The molecule has 2 N–H and O–H groups in total. The zero-order chi connectivity index (χ0) is 25.7. The van der Waals surface area contributed by atoms with Crippen LogP contribution in [0.15, 0.2) is 51.8 Å². The number of rotatable bonds is 10. The number of thiazole rings is 1. The number of nitrogens with one attached hydrogen (secondary N) is 2. The summed E-state index contributed by atoms with van der Waals surface area (Å²) in [6.07, 6.45) is -4.40. The SMILES string of the molecule is COCCNCc1nc(-c2ccc(C(F)(F)F)cc2)sc1COc1ccc(-c2noc(=O)[nH]2)c(C)c1. The molecule has 0 spiro atoms. The first kappa shape index (κ1) is 25.6. The highest BCUT2D eigenvalue weighted by atomic mass is 32.1. The van der Waals surface area contributed by atoms with Crippen molar-refractivity contribution in [2.24, 2.45) is 0 Å². The van der Waals surface area contributed by atoms with Gasteiger partial charge in [0.1, 0.15) is 17.4 Å². The average Bonchev–Trinajstić information content (AvgIpc) is 3.46. The highest BCUT2D eigenvalue weighted by Crippen LogP contribution is 2.34. The van der Waals surface area contributed by atoms with E-state index in [-0.39, 0.29) is 6.61 Å². The van der Waals surface area contributed by atoms with Gasteiger partial charge in [-0.3, -0.25) is 9.51 Å². The molecule has 2 aromatic carbocycles. The van der Waals surface area contributed by atoms with Gasteiger partial charge in [0.15, 0.2) is 5.82 Å². The normalized spacial score (nSPS) is 11.7. The van der Waals surface area contributed by atoms with E-state index in [0.29, 0.717) is 47.4 Å². The molecule has 0 saturated carbocycles. The van der Waals surface area contributed by atoms with Crippen molar-refractivity contribution in [2.75, 3.05) is 20.3 Å². The Labute approximate surface area is 208 Å². The van der Waals surface area contributed by atoms with E-state index in [0.717, 1.165) is 28.3 Å². The fourth-order valence-corrected chi connectivity index (χ4v) is 4.42. The lowest BCUT2D eigenvalue weighted by Gasteiger charge is -2.09. The molecule has 0 amide bonds. The molecule has 0 aliphatic heterocycles. The molecule has 0 unspecified atom stereocenters. The minimum atomic E-state index is -4.40. The van der Waals surface area contributed by atoms with Crippen molar-refractivity contribution in [1.29, 1.82) is 0 Å². The Morgan fingerprint density at radius 2 is 1.94 bits per heavy atom. The number of aryl methyl sites for hydroxylation is 1. The first-order chi connectivity index (χ1) is 17.2. The standard InChI is InChI=1S/C24H23F3N4O4S/c1-14-11-17(7-8-18(14)21-30-23(32)35-31-21)34-13-20-19(12-28-9-10-33-2)29-22(36-20)15-3-5-16(6-4-15)24(25,26)27/h3-8,11,28H,9-10,12-13H2,1-2H3,(H,30,31,32). The van der Waals surface area contributed by atoms with Gasteiger partial charge in [0.2, 0.25) is 0 Å². The number of hydrogen-bond donors (Lipinski definition) is 2. The minimum Gasteiger partial charge on any atom is -0.488 e. The third-order valence-electron chi connectivity index (χ3n) is 5.28. The molecule has 0 aliphatic rings. The van der Waals surface area contributed by atoms with E-state index in [1.807, 2.05) is 13.0 Å². The fraction of sp³-hybridized carbons (Fsp3) is 0.292. The van der Waals surface area contributed by atoms with Crippen LogP contribution in [0.3, 0.4) is 0 Å². The Morgan fingerprint density at radius 1 is 1.17 bits per heavy atom. The van der Waals surface area contributed by atoms with E-state index in [1.54, 1.807) is 19.2 Å². The molecule has 0 bridgehead atoms. The van der Waals surface area contributed by atoms with Gasteiger partial charge >= 0.3 is 11.9 Å². The summed E-state index contributed by atoms with van der Waals surface area (Å²) in [7, 11) is 1.61. The molecule has 0 saturated heterocycles. The maximum absolute atomic E-state index is 12.9. The molecule has 4 aromatic rings. The molecular weight excluding hydrogens is 497 g/mol. The zero-order valence-corrected chi connectivity index (χ0v) is 20.3. The molecule has 4 rings (SSSR count). The Balaban J connectivity index is 1.52. The highest BCUT2D eigenvalue weighted by Gasteiger charge is 2.30. The van der Waals surface area contributed by atoms with Crippen LogP contribution < -0.4 is 15.8 Å². The van der Waals surface area contributed by atoms with Crippen molar-refractivity contribution in [3.8, 4) is 27.7 Å². The monoisotopic (exact) mass is 520 g/mol. The second-order valence-electron chi connectivity index (χ2n) is 7.84. The Kier molecular flexibility index (Phi) is 7.87. The van der Waals surface area contributed by atoms with Crippen LogP contribution in [-0.2, 0) is 24.1 Å². The van der Waals surface area contributed by atoms with Gasteiger partial charge in [-0.2, -0.15) is 13.2 Å². The van der Waals surface area contributed by atoms with Crippen LogP contribution in [0.2, 0.25) is 0 Å². The summed E-state index contributed by atoms with van der Waals surface area (Å²) < 4.78 is 54.4. The second kappa shape index (κ2) is 11.1. The van der Waals surface area contributed by atoms with E-state index >= 15 is 0 Å². The first-order valence-corrected chi connectivity index (χ1v) is 11.7. The maximum atomic E-state index is 12.9. The molecule has 190 valence electrons. The largest absolute Gasteiger partial charge is 0.488 e. The van der Waals surface area contributed by atoms with Crippen molar-refractivity contribution in [3.05, 3.63) is 74.7 Å². The number of methoxy groups -OCH3 is 1. The van der Waals surface area contributed by atoms with E-state index in [9.17, 15) is 18.0 Å². The zero-order valence-electron chi connectivity index (χ0n) is 19.4. The summed E-state index contributed by atoms with van der Waals surface area (Å²) >= 11 is 1.37. The lowest BCUT2D eigenvalue weighted by molar-refractivity contribution is -0.137. The fourth-order valence-electron chi connectivity index (χ4n) is 3.43. The third kappa shape index (κ3) is 6.20. The van der Waals surface area contributed by atoms with E-state index < -0.39 is 17.5 Å². The quantitative estimate of drug-likeness (QED) is 0.290. The van der Waals surface area contributed by atoms with Gasteiger partial charge in [-0.05, 0) is 42.8 Å². The molecule has 2 heterocycles. The van der Waals surface area contributed by atoms with E-state index in [4.69, 9.17) is 9.47 Å². The lowest BCUT2D eigenvalue weighted by atomic mass is 10.1. The Hall–Kier alpha value is -3.48. The number of halogens is 3. The molecule has 0 atom stereocenters. The summed E-state index contributed by atoms with van der Waals surface area (Å²) in [5.74, 6) is 0.299. The van der Waals surface area contributed by atoms with Gasteiger partial charge in [0.05, 0.1) is 22.7 Å². The van der Waals surface area contributed by atoms with Crippen molar-refractivity contribution in [3.63, 3.8) is 0 Å². The Bertz CT molecular complexity index is 1360. The van der Waals surface area contributed by atoms with Crippen molar-refractivity contribution in [1.82, 2.24) is 20.4 Å². The predicted molar refractivity (Wildman–Crippen MR) is 128 cm³/mol. The van der Waals surface area contributed by atoms with Crippen LogP contribution in [0.25, 0.3) is 22.0 Å². The number of ether oxygens (including phenoxy) is 2. The van der Waals surface area contributed by atoms with Crippen LogP contribution in [0.4, 0.5) is 13.2 Å². The third-order valence-corrected chi connectivity index (χ3v) is 6.40. The van der Waals surface area contributed by atoms with Gasteiger partial charge in [-0.1, -0.05) is 17.3 Å². The predicted octanol–water partition coefficient (Wildman–Crippen LogP) is 4.80. The number of alkyl halides is 3. The van der Waals surface area contributed by atoms with E-state index in [1.165, 1.54) is 23.5 Å². The van der Waals surface area contributed by atoms with Crippen molar-refractivity contribution < 1.29 is 27.2 Å². The Morgan fingerprint density at radius 3 is 2.58 bits per heavy atom. The molecule has 8 nitrogen and oxygen atoms in total. The van der Waals surface area contributed by atoms with Crippen LogP contribution in [0.1, 0.15) is 21.7 Å². The van der Waals surface area contributed by atoms with Gasteiger partial charge in [0.25, 0.3) is 0 Å². The van der Waals surface area contributed by atoms with Crippen molar-refractivity contribution in [2.45, 2.75) is 26.3 Å². The van der Waals surface area contributed by atoms with Gasteiger partial charge in [-0.25, -0.2) is 9.78 Å². The highest BCUT2D eigenvalue weighted by molar-refractivity contribution is 7.15. The number of aromatic amines is 1. The molecule has 36 heavy (non-hydrogen) atoms. The average molecular weight is 521 g/mol. The smallest absolute Gasteiger partial charge is 0.439 e. The van der Waals surface area contributed by atoms with Crippen LogP contribution >= 0.6 is 11.3 Å².